The van der Waals surface area contributed by atoms with E-state index in [2.05, 4.69) is 4.90 Å². The molecule has 1 aromatic rings. The maximum absolute atomic E-state index is 11.8. The number of fused-ring (bicyclic) bond motifs is 1. The van der Waals surface area contributed by atoms with Crippen LogP contribution in [0.4, 0.5) is 4.79 Å². The van der Waals surface area contributed by atoms with Crippen LogP contribution < -0.4 is 9.47 Å². The standard InChI is InChI=1S/C16H20N2O5/c1-10-7-17(5-6-18(10)16(20)21)8-12-14(22-2)4-3-11-13(19)9-23-15(11)12/h3-4,10H,5-9H2,1-2H3,(H,20,21). The van der Waals surface area contributed by atoms with Crippen molar-refractivity contribution < 1.29 is 24.2 Å². The third-order valence-corrected chi connectivity index (χ3v) is 4.42. The van der Waals surface area contributed by atoms with Crippen molar-refractivity contribution in [2.75, 3.05) is 33.4 Å². The Bertz CT molecular complexity index is 646. The second-order valence-electron chi connectivity index (χ2n) is 5.90. The average Bonchev–Trinajstić information content (AvgIpc) is 2.89. The van der Waals surface area contributed by atoms with Crippen LogP contribution in [0.3, 0.4) is 0 Å². The van der Waals surface area contributed by atoms with Gasteiger partial charge in [-0.2, -0.15) is 0 Å². The molecule has 1 fully saturated rings. The Balaban J connectivity index is 1.81. The van der Waals surface area contributed by atoms with Gasteiger partial charge in [0.25, 0.3) is 0 Å². The first kappa shape index (κ1) is 15.6. The molecule has 1 unspecified atom stereocenters. The Morgan fingerprint density at radius 2 is 2.22 bits per heavy atom. The first-order valence-electron chi connectivity index (χ1n) is 7.59. The molecule has 1 atom stereocenters. The Labute approximate surface area is 134 Å². The smallest absolute Gasteiger partial charge is 0.407 e. The van der Waals surface area contributed by atoms with E-state index in [0.29, 0.717) is 43.2 Å². The van der Waals surface area contributed by atoms with Crippen LogP contribution in [0.1, 0.15) is 22.8 Å². The summed E-state index contributed by atoms with van der Waals surface area (Å²) in [6.07, 6.45) is -0.885. The zero-order valence-corrected chi connectivity index (χ0v) is 13.2. The minimum atomic E-state index is -0.885. The molecule has 2 aliphatic heterocycles. The van der Waals surface area contributed by atoms with Gasteiger partial charge in [-0.1, -0.05) is 0 Å². The van der Waals surface area contributed by atoms with Gasteiger partial charge in [0, 0.05) is 32.2 Å². The molecule has 7 nitrogen and oxygen atoms in total. The lowest BCUT2D eigenvalue weighted by Crippen LogP contribution is -2.53. The van der Waals surface area contributed by atoms with E-state index < -0.39 is 6.09 Å². The van der Waals surface area contributed by atoms with Crippen molar-refractivity contribution >= 4 is 11.9 Å². The fourth-order valence-corrected chi connectivity index (χ4v) is 3.24. The number of ketones is 1. The quantitative estimate of drug-likeness (QED) is 0.908. The highest BCUT2D eigenvalue weighted by atomic mass is 16.5. The summed E-state index contributed by atoms with van der Waals surface area (Å²) >= 11 is 0. The highest BCUT2D eigenvalue weighted by Crippen LogP contribution is 2.37. The summed E-state index contributed by atoms with van der Waals surface area (Å²) in [7, 11) is 1.59. The molecule has 0 bridgehead atoms. The number of ether oxygens (including phenoxy) is 2. The van der Waals surface area contributed by atoms with E-state index in [-0.39, 0.29) is 18.4 Å². The molecule has 0 radical (unpaired) electrons. The summed E-state index contributed by atoms with van der Waals surface area (Å²) in [5.41, 5.74) is 1.45. The Morgan fingerprint density at radius 1 is 1.43 bits per heavy atom. The number of hydrogen-bond donors (Lipinski definition) is 1. The molecule has 1 saturated heterocycles. The van der Waals surface area contributed by atoms with Crippen LogP contribution in [-0.2, 0) is 6.54 Å². The van der Waals surface area contributed by atoms with Gasteiger partial charge in [-0.3, -0.25) is 9.69 Å². The van der Waals surface area contributed by atoms with E-state index in [4.69, 9.17) is 14.6 Å². The molecule has 0 spiro atoms. The van der Waals surface area contributed by atoms with Crippen molar-refractivity contribution in [3.05, 3.63) is 23.3 Å². The molecule has 0 saturated carbocycles. The molecule has 1 amide bonds. The molecule has 0 aromatic heterocycles. The monoisotopic (exact) mass is 320 g/mol. The molecule has 0 aliphatic carbocycles. The van der Waals surface area contributed by atoms with Crippen LogP contribution in [0, 0.1) is 0 Å². The van der Waals surface area contributed by atoms with Gasteiger partial charge in [0.15, 0.2) is 6.61 Å². The van der Waals surface area contributed by atoms with Crippen LogP contribution in [0.15, 0.2) is 12.1 Å². The number of Topliss-reactive ketones (excluding diaryl/α,β-unsaturated/α-hetero) is 1. The molecule has 1 aromatic carbocycles. The number of benzene rings is 1. The van der Waals surface area contributed by atoms with Crippen molar-refractivity contribution in [1.82, 2.24) is 9.80 Å². The number of piperazine rings is 1. The lowest BCUT2D eigenvalue weighted by molar-refractivity contribution is 0.0704. The van der Waals surface area contributed by atoms with Crippen LogP contribution in [0.2, 0.25) is 0 Å². The van der Waals surface area contributed by atoms with E-state index in [1.807, 2.05) is 6.92 Å². The van der Waals surface area contributed by atoms with Crippen molar-refractivity contribution in [3.8, 4) is 11.5 Å². The lowest BCUT2D eigenvalue weighted by atomic mass is 10.0. The molecule has 124 valence electrons. The van der Waals surface area contributed by atoms with Crippen LogP contribution in [-0.4, -0.2) is 66.2 Å². The molecule has 1 N–H and O–H groups in total. The predicted molar refractivity (Wildman–Crippen MR) is 82.3 cm³/mol. The summed E-state index contributed by atoms with van der Waals surface area (Å²) in [5.74, 6) is 1.27. The second-order valence-corrected chi connectivity index (χ2v) is 5.90. The largest absolute Gasteiger partial charge is 0.496 e. The van der Waals surface area contributed by atoms with E-state index in [1.165, 1.54) is 4.90 Å². The van der Waals surface area contributed by atoms with Crippen molar-refractivity contribution in [3.63, 3.8) is 0 Å². The van der Waals surface area contributed by atoms with Gasteiger partial charge in [0.2, 0.25) is 5.78 Å². The number of rotatable bonds is 3. The average molecular weight is 320 g/mol. The van der Waals surface area contributed by atoms with Crippen LogP contribution in [0.5, 0.6) is 11.5 Å². The Hall–Kier alpha value is -2.28. The first-order chi connectivity index (χ1) is 11.0. The van der Waals surface area contributed by atoms with Crippen molar-refractivity contribution in [2.24, 2.45) is 0 Å². The molecule has 7 heteroatoms. The number of amides is 1. The van der Waals surface area contributed by atoms with Gasteiger partial charge in [-0.25, -0.2) is 4.79 Å². The normalized spacial score (nSPS) is 21.0. The van der Waals surface area contributed by atoms with Gasteiger partial charge in [-0.15, -0.1) is 0 Å². The van der Waals surface area contributed by atoms with Crippen LogP contribution >= 0.6 is 0 Å². The molecular weight excluding hydrogens is 300 g/mol. The Kier molecular flexibility index (Phi) is 4.12. The summed E-state index contributed by atoms with van der Waals surface area (Å²) < 4.78 is 11.0. The van der Waals surface area contributed by atoms with Gasteiger partial charge in [0.05, 0.1) is 18.2 Å². The summed E-state index contributed by atoms with van der Waals surface area (Å²) in [4.78, 5) is 26.6. The predicted octanol–water partition coefficient (Wildman–Crippen LogP) is 1.45. The zero-order chi connectivity index (χ0) is 16.6. The van der Waals surface area contributed by atoms with Crippen molar-refractivity contribution in [2.45, 2.75) is 19.5 Å². The van der Waals surface area contributed by atoms with E-state index in [0.717, 1.165) is 5.56 Å². The maximum atomic E-state index is 11.8. The zero-order valence-electron chi connectivity index (χ0n) is 13.2. The fourth-order valence-electron chi connectivity index (χ4n) is 3.24. The van der Waals surface area contributed by atoms with Gasteiger partial charge in [-0.05, 0) is 19.1 Å². The number of hydrogen-bond acceptors (Lipinski definition) is 5. The van der Waals surface area contributed by atoms with Gasteiger partial charge < -0.3 is 19.5 Å². The lowest BCUT2D eigenvalue weighted by Gasteiger charge is -2.38. The minimum absolute atomic E-state index is 0.0204. The van der Waals surface area contributed by atoms with E-state index >= 15 is 0 Å². The van der Waals surface area contributed by atoms with Gasteiger partial charge >= 0.3 is 6.09 Å². The SMILES string of the molecule is COc1ccc2c(c1CN1CCN(C(=O)O)C(C)C1)OCC2=O. The third kappa shape index (κ3) is 2.84. The van der Waals surface area contributed by atoms with Crippen LogP contribution in [0.25, 0.3) is 0 Å². The number of methoxy groups -OCH3 is 1. The first-order valence-corrected chi connectivity index (χ1v) is 7.59. The molecular formula is C16H20N2O5. The highest BCUT2D eigenvalue weighted by molar-refractivity contribution is 6.03. The second kappa shape index (κ2) is 6.08. The molecule has 23 heavy (non-hydrogen) atoms. The highest BCUT2D eigenvalue weighted by Gasteiger charge is 2.31. The summed E-state index contributed by atoms with van der Waals surface area (Å²) in [6.45, 7) is 4.27. The van der Waals surface area contributed by atoms with Crippen molar-refractivity contribution in [1.29, 1.82) is 0 Å². The summed E-state index contributed by atoms with van der Waals surface area (Å²) in [6, 6.07) is 3.45. The van der Waals surface area contributed by atoms with Gasteiger partial charge in [0.1, 0.15) is 11.5 Å². The van der Waals surface area contributed by atoms with E-state index in [9.17, 15) is 9.59 Å². The maximum Gasteiger partial charge on any atom is 0.407 e. The third-order valence-electron chi connectivity index (χ3n) is 4.42. The topological polar surface area (TPSA) is 79.3 Å². The number of carboxylic acid groups (broad SMARTS) is 1. The van der Waals surface area contributed by atoms with E-state index in [1.54, 1.807) is 19.2 Å². The fraction of sp³-hybridized carbons (Fsp3) is 0.500. The number of nitrogens with zero attached hydrogens (tertiary/aromatic N) is 2. The molecule has 2 heterocycles. The summed E-state index contributed by atoms with van der Waals surface area (Å²) in [5, 5.41) is 9.15. The minimum Gasteiger partial charge on any atom is -0.496 e. The molecule has 3 rings (SSSR count). The number of carbonyl (C=O) groups is 2. The molecule has 2 aliphatic rings. The number of carbonyl (C=O) groups excluding carboxylic acids is 1. The Morgan fingerprint density at radius 3 is 2.87 bits per heavy atom.